The average Bonchev–Trinajstić information content (AvgIpc) is 2.57. The van der Waals surface area contributed by atoms with Gasteiger partial charge in [-0.15, -0.1) is 0 Å². The van der Waals surface area contributed by atoms with Crippen LogP contribution in [0.2, 0.25) is 0 Å². The zero-order valence-corrected chi connectivity index (χ0v) is 14.7. The van der Waals surface area contributed by atoms with Crippen molar-refractivity contribution in [2.75, 3.05) is 16.4 Å². The topological polar surface area (TPSA) is 75.9 Å². The molecular formula is C19H18F3N5. The zero-order chi connectivity index (χ0) is 19.6. The Morgan fingerprint density at radius 2 is 1.33 bits per heavy atom. The lowest BCUT2D eigenvalue weighted by atomic mass is 10.1. The zero-order valence-electron chi connectivity index (χ0n) is 14.7. The first-order valence-electron chi connectivity index (χ1n) is 8.12. The molecule has 0 saturated heterocycles. The van der Waals surface area contributed by atoms with Gasteiger partial charge >= 0.3 is 6.18 Å². The fourth-order valence-corrected chi connectivity index (χ4v) is 2.66. The number of aryl methyl sites for hydroxylation is 2. The third kappa shape index (κ3) is 4.46. The summed E-state index contributed by atoms with van der Waals surface area (Å²) in [6.07, 6.45) is -3.05. The highest BCUT2D eigenvalue weighted by atomic mass is 19.4. The molecule has 1 aromatic heterocycles. The van der Waals surface area contributed by atoms with Gasteiger partial charge in [0.1, 0.15) is 12.0 Å². The maximum Gasteiger partial charge on any atom is 0.416 e. The Morgan fingerprint density at radius 1 is 0.815 bits per heavy atom. The van der Waals surface area contributed by atoms with E-state index >= 15 is 0 Å². The third-order valence-corrected chi connectivity index (χ3v) is 3.84. The highest BCUT2D eigenvalue weighted by Gasteiger charge is 2.29. The molecule has 0 radical (unpaired) electrons. The maximum absolute atomic E-state index is 12.7. The largest absolute Gasteiger partial charge is 0.416 e. The fraction of sp³-hybridized carbons (Fsp3) is 0.158. The number of halogens is 3. The van der Waals surface area contributed by atoms with Gasteiger partial charge < -0.3 is 16.4 Å². The second kappa shape index (κ2) is 7.14. The quantitative estimate of drug-likeness (QED) is 0.587. The van der Waals surface area contributed by atoms with E-state index in [-0.39, 0.29) is 5.69 Å². The molecule has 5 nitrogen and oxygen atoms in total. The number of aromatic nitrogens is 2. The first kappa shape index (κ1) is 18.5. The summed E-state index contributed by atoms with van der Waals surface area (Å²) >= 11 is 0. The van der Waals surface area contributed by atoms with Crippen molar-refractivity contribution in [3.8, 4) is 0 Å². The molecule has 4 N–H and O–H groups in total. The van der Waals surface area contributed by atoms with Gasteiger partial charge in [0.25, 0.3) is 0 Å². The lowest BCUT2D eigenvalue weighted by Gasteiger charge is -2.14. The van der Waals surface area contributed by atoms with Crippen molar-refractivity contribution in [2.24, 2.45) is 0 Å². The molecule has 0 fully saturated rings. The summed E-state index contributed by atoms with van der Waals surface area (Å²) in [4.78, 5) is 8.22. The Bertz CT molecular complexity index is 932. The number of alkyl halides is 3. The van der Waals surface area contributed by atoms with Crippen molar-refractivity contribution in [3.05, 3.63) is 65.5 Å². The summed E-state index contributed by atoms with van der Waals surface area (Å²) < 4.78 is 38.0. The molecule has 0 aliphatic carbocycles. The Labute approximate surface area is 154 Å². The van der Waals surface area contributed by atoms with Crippen LogP contribution in [0.15, 0.2) is 48.8 Å². The number of hydrogen-bond donors (Lipinski definition) is 3. The van der Waals surface area contributed by atoms with Crippen LogP contribution >= 0.6 is 0 Å². The van der Waals surface area contributed by atoms with Gasteiger partial charge in [0.15, 0.2) is 11.6 Å². The van der Waals surface area contributed by atoms with Crippen molar-refractivity contribution < 1.29 is 13.2 Å². The number of nitrogens with two attached hydrogens (primary N) is 1. The number of rotatable bonds is 4. The van der Waals surface area contributed by atoms with E-state index in [1.54, 1.807) is 0 Å². The van der Waals surface area contributed by atoms with E-state index in [9.17, 15) is 13.2 Å². The Hall–Kier alpha value is -3.29. The van der Waals surface area contributed by atoms with Gasteiger partial charge in [0, 0.05) is 11.4 Å². The molecule has 0 bridgehead atoms. The minimum atomic E-state index is -4.38. The van der Waals surface area contributed by atoms with Gasteiger partial charge in [0.2, 0.25) is 0 Å². The summed E-state index contributed by atoms with van der Waals surface area (Å²) in [6.45, 7) is 3.97. The molecule has 27 heavy (non-hydrogen) atoms. The van der Waals surface area contributed by atoms with Gasteiger partial charge in [-0.2, -0.15) is 13.2 Å². The first-order valence-corrected chi connectivity index (χ1v) is 8.12. The lowest BCUT2D eigenvalue weighted by molar-refractivity contribution is -0.137. The SMILES string of the molecule is Cc1cc(C)cc(Nc2ncnc(Nc3ccc(C(F)(F)F)cc3)c2N)c1. The van der Waals surface area contributed by atoms with Crippen LogP contribution in [0.3, 0.4) is 0 Å². The molecule has 2 aromatic carbocycles. The molecule has 0 spiro atoms. The molecule has 0 aliphatic heterocycles. The monoisotopic (exact) mass is 373 g/mol. The van der Waals surface area contributed by atoms with Crippen molar-refractivity contribution in [3.63, 3.8) is 0 Å². The van der Waals surface area contributed by atoms with Gasteiger partial charge in [-0.3, -0.25) is 0 Å². The fourth-order valence-electron chi connectivity index (χ4n) is 2.66. The summed E-state index contributed by atoms with van der Waals surface area (Å²) in [7, 11) is 0. The summed E-state index contributed by atoms with van der Waals surface area (Å²) in [5, 5.41) is 6.06. The molecule has 0 atom stereocenters. The first-order chi connectivity index (χ1) is 12.7. The van der Waals surface area contributed by atoms with Crippen molar-refractivity contribution in [2.45, 2.75) is 20.0 Å². The van der Waals surface area contributed by atoms with Crippen LogP contribution < -0.4 is 16.4 Å². The number of hydrogen-bond acceptors (Lipinski definition) is 5. The number of nitrogens with zero attached hydrogens (tertiary/aromatic N) is 2. The van der Waals surface area contributed by atoms with E-state index < -0.39 is 11.7 Å². The highest BCUT2D eigenvalue weighted by molar-refractivity contribution is 5.80. The summed E-state index contributed by atoms with van der Waals surface area (Å²) in [5.74, 6) is 0.709. The van der Waals surface area contributed by atoms with E-state index in [4.69, 9.17) is 5.73 Å². The van der Waals surface area contributed by atoms with Crippen LogP contribution in [0.1, 0.15) is 16.7 Å². The van der Waals surface area contributed by atoms with E-state index in [2.05, 4.69) is 20.6 Å². The number of nitrogens with one attached hydrogen (secondary N) is 2. The molecule has 3 aromatic rings. The van der Waals surface area contributed by atoms with Crippen molar-refractivity contribution in [1.29, 1.82) is 0 Å². The molecule has 0 unspecified atom stereocenters. The second-order valence-electron chi connectivity index (χ2n) is 6.19. The predicted molar refractivity (Wildman–Crippen MR) is 100 cm³/mol. The van der Waals surface area contributed by atoms with Crippen LogP contribution in [-0.2, 0) is 6.18 Å². The predicted octanol–water partition coefficient (Wildman–Crippen LogP) is 5.18. The molecule has 3 rings (SSSR count). The normalized spacial score (nSPS) is 11.3. The summed E-state index contributed by atoms with van der Waals surface area (Å²) in [5.41, 5.74) is 9.11. The van der Waals surface area contributed by atoms with Gasteiger partial charge in [-0.25, -0.2) is 9.97 Å². The number of nitrogen functional groups attached to an aromatic ring is 1. The number of benzene rings is 2. The van der Waals surface area contributed by atoms with Crippen LogP contribution in [0.25, 0.3) is 0 Å². The van der Waals surface area contributed by atoms with E-state index in [1.165, 1.54) is 18.5 Å². The van der Waals surface area contributed by atoms with Gasteiger partial charge in [0.05, 0.1) is 5.56 Å². The molecule has 0 aliphatic rings. The molecular weight excluding hydrogens is 355 g/mol. The average molecular weight is 373 g/mol. The highest BCUT2D eigenvalue weighted by Crippen LogP contribution is 2.32. The Balaban J connectivity index is 1.82. The second-order valence-corrected chi connectivity index (χ2v) is 6.19. The standard InChI is InChI=1S/C19H18F3N5/c1-11-7-12(2)9-15(8-11)27-18-16(23)17(24-10-25-18)26-14-5-3-13(4-6-14)19(20,21)22/h3-10H,23H2,1-2H3,(H2,24,25,26,27). The molecule has 140 valence electrons. The smallest absolute Gasteiger partial charge is 0.393 e. The van der Waals surface area contributed by atoms with E-state index in [0.29, 0.717) is 17.3 Å². The number of anilines is 5. The Kier molecular flexibility index (Phi) is 4.89. The molecule has 0 saturated carbocycles. The summed E-state index contributed by atoms with van der Waals surface area (Å²) in [6, 6.07) is 10.6. The Morgan fingerprint density at radius 3 is 1.85 bits per heavy atom. The van der Waals surface area contributed by atoms with Crippen LogP contribution in [0.5, 0.6) is 0 Å². The lowest BCUT2D eigenvalue weighted by Crippen LogP contribution is -2.06. The van der Waals surface area contributed by atoms with Crippen molar-refractivity contribution >= 4 is 28.7 Å². The van der Waals surface area contributed by atoms with Gasteiger partial charge in [-0.1, -0.05) is 6.07 Å². The molecule has 8 heteroatoms. The van der Waals surface area contributed by atoms with Gasteiger partial charge in [-0.05, 0) is 61.4 Å². The minimum absolute atomic E-state index is 0.261. The van der Waals surface area contributed by atoms with Crippen LogP contribution in [0.4, 0.5) is 41.9 Å². The van der Waals surface area contributed by atoms with Crippen LogP contribution in [0, 0.1) is 13.8 Å². The van der Waals surface area contributed by atoms with E-state index in [0.717, 1.165) is 28.9 Å². The maximum atomic E-state index is 12.7. The molecule has 0 amide bonds. The minimum Gasteiger partial charge on any atom is -0.393 e. The van der Waals surface area contributed by atoms with E-state index in [1.807, 2.05) is 32.0 Å². The third-order valence-electron chi connectivity index (χ3n) is 3.84. The van der Waals surface area contributed by atoms with Crippen LogP contribution in [-0.4, -0.2) is 9.97 Å². The van der Waals surface area contributed by atoms with Crippen molar-refractivity contribution in [1.82, 2.24) is 9.97 Å². The molecule has 1 heterocycles.